The molecule has 1 fully saturated rings. The van der Waals surface area contributed by atoms with Gasteiger partial charge in [-0.3, -0.25) is 0 Å². The maximum absolute atomic E-state index is 5.94. The van der Waals surface area contributed by atoms with Gasteiger partial charge in [-0.2, -0.15) is 0 Å². The molecule has 4 heteroatoms. The highest BCUT2D eigenvalue weighted by Crippen LogP contribution is 2.35. The molecule has 1 aromatic heterocycles. The predicted octanol–water partition coefficient (Wildman–Crippen LogP) is 2.48. The quantitative estimate of drug-likeness (QED) is 0.903. The van der Waals surface area contributed by atoms with Crippen molar-refractivity contribution in [2.45, 2.75) is 25.2 Å². The predicted molar refractivity (Wildman–Crippen MR) is 70.0 cm³/mol. The van der Waals surface area contributed by atoms with Crippen LogP contribution in [0.5, 0.6) is 5.75 Å². The lowest BCUT2D eigenvalue weighted by Crippen LogP contribution is -2.28. The molecule has 0 aliphatic carbocycles. The molecule has 1 aliphatic heterocycles. The zero-order chi connectivity index (χ0) is 12.6. The molecule has 0 radical (unpaired) electrons. The Balaban J connectivity index is 2.07. The van der Waals surface area contributed by atoms with Gasteiger partial charge >= 0.3 is 0 Å². The third-order valence-corrected chi connectivity index (χ3v) is 3.97. The number of methoxy groups -OCH3 is 1. The molecule has 0 bridgehead atoms. The van der Waals surface area contributed by atoms with Gasteiger partial charge in [-0.1, -0.05) is 6.92 Å². The zero-order valence-corrected chi connectivity index (χ0v) is 10.8. The van der Waals surface area contributed by atoms with Crippen LogP contribution in [-0.2, 0) is 5.41 Å². The molecule has 1 unspecified atom stereocenters. The number of hydrogen-bond donors (Lipinski definition) is 1. The number of fused-ring (bicyclic) bond motifs is 1. The van der Waals surface area contributed by atoms with E-state index in [9.17, 15) is 0 Å². The van der Waals surface area contributed by atoms with Crippen LogP contribution in [0, 0.1) is 0 Å². The third-order valence-electron chi connectivity index (χ3n) is 3.97. The average molecular weight is 246 g/mol. The third kappa shape index (κ3) is 1.68. The Labute approximate surface area is 106 Å². The van der Waals surface area contributed by atoms with Crippen LogP contribution in [0.1, 0.15) is 25.7 Å². The zero-order valence-electron chi connectivity index (χ0n) is 10.8. The molecule has 1 saturated heterocycles. The molecule has 2 heterocycles. The van der Waals surface area contributed by atoms with Crippen LogP contribution < -0.4 is 10.1 Å². The molecule has 4 nitrogen and oxygen atoms in total. The van der Waals surface area contributed by atoms with Crippen molar-refractivity contribution < 1.29 is 9.15 Å². The van der Waals surface area contributed by atoms with Gasteiger partial charge in [-0.05, 0) is 31.5 Å². The van der Waals surface area contributed by atoms with Gasteiger partial charge in [-0.25, -0.2) is 4.98 Å². The summed E-state index contributed by atoms with van der Waals surface area (Å²) < 4.78 is 11.2. The van der Waals surface area contributed by atoms with E-state index in [0.717, 1.165) is 48.7 Å². The highest BCUT2D eigenvalue weighted by atomic mass is 16.5. The van der Waals surface area contributed by atoms with Crippen LogP contribution in [0.25, 0.3) is 11.1 Å². The number of aromatic nitrogens is 1. The van der Waals surface area contributed by atoms with Crippen LogP contribution in [0.2, 0.25) is 0 Å². The minimum Gasteiger partial charge on any atom is -0.497 e. The number of rotatable bonds is 3. The molecule has 0 saturated carbocycles. The molecule has 18 heavy (non-hydrogen) atoms. The van der Waals surface area contributed by atoms with E-state index < -0.39 is 0 Å². The van der Waals surface area contributed by atoms with Crippen molar-refractivity contribution in [3.05, 3.63) is 24.1 Å². The number of ether oxygens (including phenoxy) is 1. The van der Waals surface area contributed by atoms with E-state index in [1.165, 1.54) is 0 Å². The molecule has 3 rings (SSSR count). The van der Waals surface area contributed by atoms with E-state index in [1.807, 2.05) is 18.2 Å². The number of benzene rings is 1. The summed E-state index contributed by atoms with van der Waals surface area (Å²) in [5, 5.41) is 3.40. The first-order valence-corrected chi connectivity index (χ1v) is 6.43. The Bertz CT molecular complexity index is 556. The first kappa shape index (κ1) is 11.5. The number of nitrogens with one attached hydrogen (secondary N) is 1. The van der Waals surface area contributed by atoms with Gasteiger partial charge in [0.25, 0.3) is 0 Å². The Hall–Kier alpha value is -1.55. The van der Waals surface area contributed by atoms with Gasteiger partial charge in [0.1, 0.15) is 11.3 Å². The monoisotopic (exact) mass is 246 g/mol. The summed E-state index contributed by atoms with van der Waals surface area (Å²) in [5.41, 5.74) is 1.78. The summed E-state index contributed by atoms with van der Waals surface area (Å²) in [4.78, 5) is 4.66. The second-order valence-electron chi connectivity index (χ2n) is 4.91. The fourth-order valence-electron chi connectivity index (χ4n) is 2.64. The molecule has 1 aromatic carbocycles. The van der Waals surface area contributed by atoms with Crippen molar-refractivity contribution in [2.24, 2.45) is 0 Å². The van der Waals surface area contributed by atoms with Gasteiger partial charge in [0.05, 0.1) is 12.5 Å². The largest absolute Gasteiger partial charge is 0.497 e. The molecule has 0 amide bonds. The fourth-order valence-corrected chi connectivity index (χ4v) is 2.64. The summed E-state index contributed by atoms with van der Waals surface area (Å²) in [6.45, 7) is 4.19. The van der Waals surface area contributed by atoms with Crippen LogP contribution >= 0.6 is 0 Å². The van der Waals surface area contributed by atoms with Crippen LogP contribution in [0.15, 0.2) is 22.6 Å². The lowest BCUT2D eigenvalue weighted by molar-refractivity contribution is 0.344. The van der Waals surface area contributed by atoms with Gasteiger partial charge in [-0.15, -0.1) is 0 Å². The lowest BCUT2D eigenvalue weighted by Gasteiger charge is -2.21. The number of hydrogen-bond acceptors (Lipinski definition) is 4. The standard InChI is InChI=1S/C14H18N2O2/c1-3-14(6-7-15-9-14)13-16-11-8-10(17-2)4-5-12(11)18-13/h4-5,8,15H,3,6-7,9H2,1-2H3. The molecule has 2 aromatic rings. The molecular weight excluding hydrogens is 228 g/mol. The molecule has 1 aliphatic rings. The minimum atomic E-state index is 0.0618. The first-order chi connectivity index (χ1) is 8.77. The van der Waals surface area contributed by atoms with Crippen LogP contribution in [-0.4, -0.2) is 25.2 Å². The lowest BCUT2D eigenvalue weighted by atomic mass is 9.84. The Kier molecular flexibility index (Phi) is 2.74. The van der Waals surface area contributed by atoms with Crippen molar-refractivity contribution in [2.75, 3.05) is 20.2 Å². The summed E-state index contributed by atoms with van der Waals surface area (Å²) in [7, 11) is 1.66. The summed E-state index contributed by atoms with van der Waals surface area (Å²) in [6.07, 6.45) is 2.14. The SMILES string of the molecule is CCC1(c2nc3cc(OC)ccc3o2)CCNC1. The van der Waals surface area contributed by atoms with E-state index in [1.54, 1.807) is 7.11 Å². The Morgan fingerprint density at radius 3 is 3.06 bits per heavy atom. The van der Waals surface area contributed by atoms with Crippen molar-refractivity contribution >= 4 is 11.1 Å². The highest BCUT2D eigenvalue weighted by Gasteiger charge is 2.38. The molecule has 96 valence electrons. The molecule has 1 N–H and O–H groups in total. The van der Waals surface area contributed by atoms with Crippen molar-refractivity contribution in [1.82, 2.24) is 10.3 Å². The van der Waals surface area contributed by atoms with Crippen molar-refractivity contribution in [3.63, 3.8) is 0 Å². The van der Waals surface area contributed by atoms with E-state index in [-0.39, 0.29) is 5.41 Å². The average Bonchev–Trinajstić information content (AvgIpc) is 3.04. The summed E-state index contributed by atoms with van der Waals surface area (Å²) in [6, 6.07) is 5.76. The van der Waals surface area contributed by atoms with Gasteiger partial charge in [0, 0.05) is 12.6 Å². The van der Waals surface area contributed by atoms with Gasteiger partial charge < -0.3 is 14.5 Å². The van der Waals surface area contributed by atoms with E-state index in [0.29, 0.717) is 0 Å². The molecular formula is C14H18N2O2. The smallest absolute Gasteiger partial charge is 0.203 e. The highest BCUT2D eigenvalue weighted by molar-refractivity contribution is 5.74. The van der Waals surface area contributed by atoms with Crippen LogP contribution in [0.3, 0.4) is 0 Å². The summed E-state index contributed by atoms with van der Waals surface area (Å²) >= 11 is 0. The second kappa shape index (κ2) is 4.28. The van der Waals surface area contributed by atoms with E-state index >= 15 is 0 Å². The van der Waals surface area contributed by atoms with Crippen LogP contribution in [0.4, 0.5) is 0 Å². The minimum absolute atomic E-state index is 0.0618. The number of nitrogens with zero attached hydrogens (tertiary/aromatic N) is 1. The first-order valence-electron chi connectivity index (χ1n) is 6.43. The van der Waals surface area contributed by atoms with Gasteiger partial charge in [0.15, 0.2) is 5.58 Å². The van der Waals surface area contributed by atoms with E-state index in [2.05, 4.69) is 17.2 Å². The van der Waals surface area contributed by atoms with Crippen molar-refractivity contribution in [3.8, 4) is 5.75 Å². The van der Waals surface area contributed by atoms with E-state index in [4.69, 9.17) is 9.15 Å². The Morgan fingerprint density at radius 2 is 2.39 bits per heavy atom. The normalized spacial score (nSPS) is 23.7. The number of oxazole rings is 1. The molecule has 0 spiro atoms. The topological polar surface area (TPSA) is 47.3 Å². The fraction of sp³-hybridized carbons (Fsp3) is 0.500. The maximum Gasteiger partial charge on any atom is 0.203 e. The van der Waals surface area contributed by atoms with Gasteiger partial charge in [0.2, 0.25) is 5.89 Å². The van der Waals surface area contributed by atoms with Crippen molar-refractivity contribution in [1.29, 1.82) is 0 Å². The second-order valence-corrected chi connectivity index (χ2v) is 4.91. The summed E-state index contributed by atoms with van der Waals surface area (Å²) in [5.74, 6) is 1.68. The Morgan fingerprint density at radius 1 is 1.50 bits per heavy atom. The maximum atomic E-state index is 5.94. The molecule has 1 atom stereocenters.